The largest absolute Gasteiger partial charge is 0.351 e. The Morgan fingerprint density at radius 2 is 1.57 bits per heavy atom. The van der Waals surface area contributed by atoms with E-state index in [1.54, 1.807) is 6.07 Å². The molecule has 28 heavy (non-hydrogen) atoms. The second kappa shape index (κ2) is 10.1. The molecule has 2 aliphatic heterocycles. The van der Waals surface area contributed by atoms with E-state index in [2.05, 4.69) is 10.2 Å². The number of rotatable bonds is 6. The van der Waals surface area contributed by atoms with Gasteiger partial charge in [-0.15, -0.1) is 0 Å². The highest BCUT2D eigenvalue weighted by molar-refractivity contribution is 7.89. The van der Waals surface area contributed by atoms with Crippen LogP contribution in [-0.4, -0.2) is 62.8 Å². The van der Waals surface area contributed by atoms with Crippen molar-refractivity contribution in [1.29, 1.82) is 0 Å². The van der Waals surface area contributed by atoms with Crippen molar-refractivity contribution in [2.75, 3.05) is 39.3 Å². The fourth-order valence-electron chi connectivity index (χ4n) is 3.88. The summed E-state index contributed by atoms with van der Waals surface area (Å²) in [6.07, 6.45) is 7.49. The van der Waals surface area contributed by atoms with Crippen LogP contribution >= 0.6 is 11.6 Å². The summed E-state index contributed by atoms with van der Waals surface area (Å²) in [5.41, 5.74) is 0.330. The van der Waals surface area contributed by atoms with Gasteiger partial charge in [0, 0.05) is 31.7 Å². The lowest BCUT2D eigenvalue weighted by atomic mass is 10.1. The lowest BCUT2D eigenvalue weighted by Crippen LogP contribution is -2.37. The zero-order chi connectivity index (χ0) is 20.0. The van der Waals surface area contributed by atoms with Gasteiger partial charge in [-0.05, 0) is 57.0 Å². The van der Waals surface area contributed by atoms with E-state index in [9.17, 15) is 13.2 Å². The third-order valence-electron chi connectivity index (χ3n) is 5.54. The smallest absolute Gasteiger partial charge is 0.251 e. The van der Waals surface area contributed by atoms with Crippen LogP contribution in [0.3, 0.4) is 0 Å². The maximum Gasteiger partial charge on any atom is 0.251 e. The molecule has 2 aliphatic rings. The molecule has 2 fully saturated rings. The van der Waals surface area contributed by atoms with Gasteiger partial charge in [0.1, 0.15) is 4.90 Å². The number of carbonyl (C=O) groups excluding carboxylic acids is 1. The molecule has 0 aromatic heterocycles. The van der Waals surface area contributed by atoms with Crippen molar-refractivity contribution in [2.24, 2.45) is 0 Å². The van der Waals surface area contributed by atoms with Crippen molar-refractivity contribution >= 4 is 27.5 Å². The number of hydrogen-bond acceptors (Lipinski definition) is 4. The molecule has 1 N–H and O–H groups in total. The summed E-state index contributed by atoms with van der Waals surface area (Å²) in [7, 11) is -3.70. The fraction of sp³-hybridized carbons (Fsp3) is 0.650. The Balaban J connectivity index is 1.66. The third-order valence-corrected chi connectivity index (χ3v) is 7.92. The van der Waals surface area contributed by atoms with Gasteiger partial charge in [0.05, 0.1) is 5.02 Å². The fourth-order valence-corrected chi connectivity index (χ4v) is 5.89. The van der Waals surface area contributed by atoms with E-state index in [4.69, 9.17) is 11.6 Å². The van der Waals surface area contributed by atoms with Crippen LogP contribution in [0.15, 0.2) is 23.1 Å². The molecular weight excluding hydrogens is 398 g/mol. The quantitative estimate of drug-likeness (QED) is 0.757. The zero-order valence-electron chi connectivity index (χ0n) is 16.3. The summed E-state index contributed by atoms with van der Waals surface area (Å²) < 4.78 is 27.6. The molecule has 0 saturated carbocycles. The number of amides is 1. The first-order valence-electron chi connectivity index (χ1n) is 10.3. The summed E-state index contributed by atoms with van der Waals surface area (Å²) in [6, 6.07) is 4.50. The van der Waals surface area contributed by atoms with Crippen LogP contribution in [0.5, 0.6) is 0 Å². The number of carbonyl (C=O) groups is 1. The number of piperidine rings is 1. The average Bonchev–Trinajstić information content (AvgIpc) is 2.99. The van der Waals surface area contributed by atoms with Crippen molar-refractivity contribution in [3.63, 3.8) is 0 Å². The number of nitrogens with one attached hydrogen (secondary N) is 1. The highest BCUT2D eigenvalue weighted by atomic mass is 35.5. The second-order valence-corrected chi connectivity index (χ2v) is 9.94. The first kappa shape index (κ1) is 21.6. The van der Waals surface area contributed by atoms with Crippen LogP contribution in [-0.2, 0) is 10.0 Å². The van der Waals surface area contributed by atoms with Crippen LogP contribution in [0.1, 0.15) is 55.3 Å². The number of nitrogens with zero attached hydrogens (tertiary/aromatic N) is 2. The normalized spacial score (nSPS) is 19.9. The maximum atomic E-state index is 13.1. The molecule has 0 atom stereocenters. The number of hydrogen-bond donors (Lipinski definition) is 1. The molecule has 1 aromatic carbocycles. The Morgan fingerprint density at radius 3 is 2.25 bits per heavy atom. The van der Waals surface area contributed by atoms with Crippen LogP contribution < -0.4 is 5.32 Å². The molecule has 0 bridgehead atoms. The van der Waals surface area contributed by atoms with Gasteiger partial charge in [-0.3, -0.25) is 4.79 Å². The molecule has 3 rings (SSSR count). The lowest BCUT2D eigenvalue weighted by Gasteiger charge is -2.26. The van der Waals surface area contributed by atoms with E-state index < -0.39 is 10.0 Å². The van der Waals surface area contributed by atoms with E-state index in [-0.39, 0.29) is 15.8 Å². The molecule has 2 saturated heterocycles. The average molecular weight is 428 g/mol. The molecule has 6 nitrogen and oxygen atoms in total. The minimum absolute atomic E-state index is 0.0275. The van der Waals surface area contributed by atoms with Gasteiger partial charge in [0.2, 0.25) is 10.0 Å². The van der Waals surface area contributed by atoms with E-state index in [1.165, 1.54) is 35.7 Å². The SMILES string of the molecule is O=C(NCCN1CCCCC1)c1ccc(Cl)c(S(=O)(=O)N2CCCCCC2)c1. The number of sulfonamides is 1. The number of likely N-dealkylation sites (tertiary alicyclic amines) is 1. The minimum atomic E-state index is -3.70. The first-order chi connectivity index (χ1) is 13.5. The van der Waals surface area contributed by atoms with E-state index in [0.717, 1.165) is 45.3 Å². The lowest BCUT2D eigenvalue weighted by molar-refractivity contribution is 0.0946. The summed E-state index contributed by atoms with van der Waals surface area (Å²) in [4.78, 5) is 14.9. The van der Waals surface area contributed by atoms with Crippen LogP contribution in [0, 0.1) is 0 Å². The summed E-state index contributed by atoms with van der Waals surface area (Å²) in [6.45, 7) is 4.54. The monoisotopic (exact) mass is 427 g/mol. The van der Waals surface area contributed by atoms with Gasteiger partial charge in [0.25, 0.3) is 5.91 Å². The Bertz CT molecular complexity index is 771. The van der Waals surface area contributed by atoms with Gasteiger partial charge in [-0.2, -0.15) is 4.31 Å². The highest BCUT2D eigenvalue weighted by Gasteiger charge is 2.28. The minimum Gasteiger partial charge on any atom is -0.351 e. The Kier molecular flexibility index (Phi) is 7.74. The number of halogens is 1. The van der Waals surface area contributed by atoms with Gasteiger partial charge in [-0.1, -0.05) is 30.9 Å². The summed E-state index contributed by atoms with van der Waals surface area (Å²) >= 11 is 6.21. The van der Waals surface area contributed by atoms with Crippen LogP contribution in [0.2, 0.25) is 5.02 Å². The maximum absolute atomic E-state index is 13.1. The highest BCUT2D eigenvalue weighted by Crippen LogP contribution is 2.27. The molecule has 2 heterocycles. The van der Waals surface area contributed by atoms with E-state index >= 15 is 0 Å². The van der Waals surface area contributed by atoms with E-state index in [1.807, 2.05) is 0 Å². The van der Waals surface area contributed by atoms with Crippen molar-refractivity contribution in [3.8, 4) is 0 Å². The molecule has 0 unspecified atom stereocenters. The predicted octanol–water partition coefficient (Wildman–Crippen LogP) is 3.12. The van der Waals surface area contributed by atoms with Gasteiger partial charge >= 0.3 is 0 Å². The second-order valence-electron chi connectivity index (χ2n) is 7.62. The molecule has 0 spiro atoms. The molecule has 0 aliphatic carbocycles. The Morgan fingerprint density at radius 1 is 0.964 bits per heavy atom. The Hall–Kier alpha value is -1.15. The van der Waals surface area contributed by atoms with Crippen molar-refractivity contribution in [3.05, 3.63) is 28.8 Å². The van der Waals surface area contributed by atoms with Crippen molar-refractivity contribution < 1.29 is 13.2 Å². The van der Waals surface area contributed by atoms with Gasteiger partial charge < -0.3 is 10.2 Å². The Labute approximate surface area is 173 Å². The van der Waals surface area contributed by atoms with Crippen molar-refractivity contribution in [2.45, 2.75) is 49.8 Å². The van der Waals surface area contributed by atoms with Crippen LogP contribution in [0.4, 0.5) is 0 Å². The molecular formula is C20H30ClN3O3S. The number of benzene rings is 1. The zero-order valence-corrected chi connectivity index (χ0v) is 17.9. The van der Waals surface area contributed by atoms with Gasteiger partial charge in [0.15, 0.2) is 0 Å². The van der Waals surface area contributed by atoms with E-state index in [0.29, 0.717) is 25.2 Å². The molecule has 1 aromatic rings. The molecule has 156 valence electrons. The summed E-state index contributed by atoms with van der Waals surface area (Å²) in [5, 5.41) is 3.06. The summed E-state index contributed by atoms with van der Waals surface area (Å²) in [5.74, 6) is -0.263. The van der Waals surface area contributed by atoms with Crippen LogP contribution in [0.25, 0.3) is 0 Å². The first-order valence-corrected chi connectivity index (χ1v) is 12.1. The molecule has 0 radical (unpaired) electrons. The molecule has 8 heteroatoms. The topological polar surface area (TPSA) is 69.7 Å². The van der Waals surface area contributed by atoms with Crippen molar-refractivity contribution in [1.82, 2.24) is 14.5 Å². The van der Waals surface area contributed by atoms with Gasteiger partial charge in [-0.25, -0.2) is 8.42 Å². The standard InChI is InChI=1S/C20H30ClN3O3S/c21-18-9-8-17(20(25)22-10-15-23-11-4-3-5-12-23)16-19(18)28(26,27)24-13-6-1-2-7-14-24/h8-9,16H,1-7,10-15H2,(H,22,25). The third kappa shape index (κ3) is 5.47. The molecule has 1 amide bonds. The predicted molar refractivity (Wildman–Crippen MR) is 111 cm³/mol.